The second kappa shape index (κ2) is 7.62. The van der Waals surface area contributed by atoms with E-state index in [1.165, 1.54) is 22.7 Å². The van der Waals surface area contributed by atoms with Crippen molar-refractivity contribution in [1.82, 2.24) is 20.2 Å². The molecule has 7 nitrogen and oxygen atoms in total. The molecule has 1 amide bonds. The number of nitrogens with one attached hydrogen (secondary N) is 1. The highest BCUT2D eigenvalue weighted by molar-refractivity contribution is 8.00. The number of benzene rings is 1. The third-order valence-corrected chi connectivity index (χ3v) is 4.75. The molecule has 2 aromatic heterocycles. The van der Waals surface area contributed by atoms with Gasteiger partial charge in [-0.25, -0.2) is 4.68 Å². The fraction of sp³-hybridized carbons (Fsp3) is 0.188. The Balaban J connectivity index is 1.59. The second-order valence-electron chi connectivity index (χ2n) is 5.26. The lowest BCUT2D eigenvalue weighted by atomic mass is 10.2. The molecule has 9 heteroatoms. The summed E-state index contributed by atoms with van der Waals surface area (Å²) in [5.74, 6) is 6.79. The molecule has 3 rings (SSSR count). The third-order valence-electron chi connectivity index (χ3n) is 3.44. The standard InChI is InChI=1S/C16H16ClN5O2S/c1-10(15(23)19-9-11-4-6-12(17)7-5-11)25-16-21-20-14(22(16)18)13-3-2-8-24-13/h2-8,10H,9,18H2,1H3,(H,19,23). The Kier molecular flexibility index (Phi) is 5.30. The molecule has 130 valence electrons. The number of carbonyl (C=O) groups excluding carboxylic acids is 1. The van der Waals surface area contributed by atoms with Crippen LogP contribution in [0.1, 0.15) is 12.5 Å². The van der Waals surface area contributed by atoms with Crippen molar-refractivity contribution in [1.29, 1.82) is 0 Å². The number of rotatable bonds is 6. The molecule has 1 atom stereocenters. The maximum atomic E-state index is 12.3. The minimum Gasteiger partial charge on any atom is -0.461 e. The van der Waals surface area contributed by atoms with Gasteiger partial charge in [-0.1, -0.05) is 35.5 Å². The van der Waals surface area contributed by atoms with Crippen LogP contribution >= 0.6 is 23.4 Å². The number of hydrogen-bond donors (Lipinski definition) is 2. The van der Waals surface area contributed by atoms with E-state index in [0.29, 0.717) is 28.3 Å². The van der Waals surface area contributed by atoms with Gasteiger partial charge in [0.1, 0.15) is 0 Å². The van der Waals surface area contributed by atoms with Gasteiger partial charge in [-0.3, -0.25) is 4.79 Å². The molecule has 3 aromatic rings. The van der Waals surface area contributed by atoms with Crippen LogP contribution in [0, 0.1) is 0 Å². The number of nitrogens with zero attached hydrogens (tertiary/aromatic N) is 3. The van der Waals surface area contributed by atoms with Crippen molar-refractivity contribution in [3.8, 4) is 11.6 Å². The van der Waals surface area contributed by atoms with Crippen LogP contribution < -0.4 is 11.2 Å². The van der Waals surface area contributed by atoms with Crippen LogP contribution in [0.5, 0.6) is 0 Å². The number of amides is 1. The quantitative estimate of drug-likeness (QED) is 0.506. The number of nitrogen functional groups attached to an aromatic ring is 1. The van der Waals surface area contributed by atoms with Crippen molar-refractivity contribution < 1.29 is 9.21 Å². The van der Waals surface area contributed by atoms with Crippen LogP contribution in [0.2, 0.25) is 5.02 Å². The van der Waals surface area contributed by atoms with E-state index in [9.17, 15) is 4.79 Å². The van der Waals surface area contributed by atoms with E-state index in [1.807, 2.05) is 12.1 Å². The topological polar surface area (TPSA) is 99.0 Å². The Labute approximate surface area is 153 Å². The first kappa shape index (κ1) is 17.4. The third kappa shape index (κ3) is 4.15. The van der Waals surface area contributed by atoms with Gasteiger partial charge < -0.3 is 15.6 Å². The molecule has 1 unspecified atom stereocenters. The first-order chi connectivity index (χ1) is 12.0. The summed E-state index contributed by atoms with van der Waals surface area (Å²) in [5, 5.41) is 11.6. The number of furan rings is 1. The molecule has 0 bridgehead atoms. The summed E-state index contributed by atoms with van der Waals surface area (Å²) in [5.41, 5.74) is 0.969. The van der Waals surface area contributed by atoms with Crippen molar-refractivity contribution >= 4 is 29.3 Å². The fourth-order valence-electron chi connectivity index (χ4n) is 2.08. The molecule has 0 aliphatic heterocycles. The van der Waals surface area contributed by atoms with E-state index in [0.717, 1.165) is 5.56 Å². The Morgan fingerprint density at radius 3 is 2.80 bits per heavy atom. The number of thioether (sulfide) groups is 1. The van der Waals surface area contributed by atoms with Crippen LogP contribution in [0.25, 0.3) is 11.6 Å². The highest BCUT2D eigenvalue weighted by Gasteiger charge is 2.20. The molecule has 0 saturated carbocycles. The van der Waals surface area contributed by atoms with E-state index < -0.39 is 0 Å². The average Bonchev–Trinajstić information content (AvgIpc) is 3.24. The number of halogens is 1. The summed E-state index contributed by atoms with van der Waals surface area (Å²) in [4.78, 5) is 12.3. The predicted molar refractivity (Wildman–Crippen MR) is 96.5 cm³/mol. The Hall–Kier alpha value is -2.45. The molecule has 0 fully saturated rings. The molecule has 0 aliphatic rings. The van der Waals surface area contributed by atoms with Crippen molar-refractivity contribution in [2.75, 3.05) is 5.84 Å². The van der Waals surface area contributed by atoms with Gasteiger partial charge >= 0.3 is 0 Å². The molecule has 0 spiro atoms. The Morgan fingerprint density at radius 2 is 2.12 bits per heavy atom. The summed E-state index contributed by atoms with van der Waals surface area (Å²) in [6.45, 7) is 2.21. The zero-order valence-corrected chi connectivity index (χ0v) is 14.9. The first-order valence-electron chi connectivity index (χ1n) is 7.48. The molecule has 25 heavy (non-hydrogen) atoms. The van der Waals surface area contributed by atoms with Crippen LogP contribution in [-0.4, -0.2) is 26.0 Å². The SMILES string of the molecule is CC(Sc1nnc(-c2ccco2)n1N)C(=O)NCc1ccc(Cl)cc1. The van der Waals surface area contributed by atoms with Gasteiger partial charge in [-0.15, -0.1) is 10.2 Å². The first-order valence-corrected chi connectivity index (χ1v) is 8.73. The number of hydrogen-bond acceptors (Lipinski definition) is 6. The summed E-state index contributed by atoms with van der Waals surface area (Å²) < 4.78 is 6.57. The van der Waals surface area contributed by atoms with Crippen molar-refractivity contribution in [2.45, 2.75) is 23.9 Å². The van der Waals surface area contributed by atoms with Crippen molar-refractivity contribution in [2.24, 2.45) is 0 Å². The smallest absolute Gasteiger partial charge is 0.233 e. The van der Waals surface area contributed by atoms with Crippen LogP contribution in [0.3, 0.4) is 0 Å². The maximum Gasteiger partial charge on any atom is 0.233 e. The van der Waals surface area contributed by atoms with Gasteiger partial charge in [0.15, 0.2) is 5.76 Å². The number of aromatic nitrogens is 3. The summed E-state index contributed by atoms with van der Waals surface area (Å²) in [6, 6.07) is 10.8. The lowest BCUT2D eigenvalue weighted by Crippen LogP contribution is -2.30. The van der Waals surface area contributed by atoms with E-state index in [2.05, 4.69) is 15.5 Å². The van der Waals surface area contributed by atoms with Gasteiger partial charge in [-0.05, 0) is 36.8 Å². The maximum absolute atomic E-state index is 12.3. The molecule has 3 N–H and O–H groups in total. The average molecular weight is 378 g/mol. The zero-order chi connectivity index (χ0) is 17.8. The van der Waals surface area contributed by atoms with E-state index in [1.54, 1.807) is 31.2 Å². The minimum absolute atomic E-state index is 0.123. The largest absolute Gasteiger partial charge is 0.461 e. The van der Waals surface area contributed by atoms with E-state index >= 15 is 0 Å². The molecule has 2 heterocycles. The molecule has 0 aliphatic carbocycles. The lowest BCUT2D eigenvalue weighted by molar-refractivity contribution is -0.120. The van der Waals surface area contributed by atoms with Crippen LogP contribution in [0.4, 0.5) is 0 Å². The molecule has 0 saturated heterocycles. The summed E-state index contributed by atoms with van der Waals surface area (Å²) in [6.07, 6.45) is 1.53. The van der Waals surface area contributed by atoms with Crippen molar-refractivity contribution in [3.05, 3.63) is 53.2 Å². The minimum atomic E-state index is -0.386. The van der Waals surface area contributed by atoms with Crippen molar-refractivity contribution in [3.63, 3.8) is 0 Å². The number of nitrogens with two attached hydrogens (primary N) is 1. The molecular formula is C16H16ClN5O2S. The number of carbonyl (C=O) groups is 1. The van der Waals surface area contributed by atoms with Gasteiger partial charge in [-0.2, -0.15) is 0 Å². The van der Waals surface area contributed by atoms with E-state index in [4.69, 9.17) is 21.9 Å². The highest BCUT2D eigenvalue weighted by atomic mass is 35.5. The molecule has 1 aromatic carbocycles. The van der Waals surface area contributed by atoms with Crippen LogP contribution in [0.15, 0.2) is 52.2 Å². The molecular weight excluding hydrogens is 362 g/mol. The predicted octanol–water partition coefficient (Wildman–Crippen LogP) is 2.70. The van der Waals surface area contributed by atoms with Gasteiger partial charge in [0.25, 0.3) is 0 Å². The second-order valence-corrected chi connectivity index (χ2v) is 7.00. The summed E-state index contributed by atoms with van der Waals surface area (Å²) >= 11 is 7.07. The normalized spacial score (nSPS) is 12.1. The lowest BCUT2D eigenvalue weighted by Gasteiger charge is -2.11. The molecule has 0 radical (unpaired) electrons. The summed E-state index contributed by atoms with van der Waals surface area (Å²) in [7, 11) is 0. The van der Waals surface area contributed by atoms with Crippen LogP contribution in [-0.2, 0) is 11.3 Å². The zero-order valence-electron chi connectivity index (χ0n) is 13.3. The Morgan fingerprint density at radius 1 is 1.36 bits per heavy atom. The van der Waals surface area contributed by atoms with Gasteiger partial charge in [0.2, 0.25) is 16.9 Å². The van der Waals surface area contributed by atoms with E-state index in [-0.39, 0.29) is 11.2 Å². The fourth-order valence-corrected chi connectivity index (χ4v) is 3.00. The van der Waals surface area contributed by atoms with Gasteiger partial charge in [0, 0.05) is 11.6 Å². The highest BCUT2D eigenvalue weighted by Crippen LogP contribution is 2.25. The van der Waals surface area contributed by atoms with Gasteiger partial charge in [0.05, 0.1) is 11.5 Å². The monoisotopic (exact) mass is 377 g/mol. The Bertz CT molecular complexity index is 848.